The Hall–Kier alpha value is -8.44. The monoisotopic (exact) mass is 856 g/mol. The summed E-state index contributed by atoms with van der Waals surface area (Å²) in [5.41, 5.74) is 20.3. The lowest BCUT2D eigenvalue weighted by Crippen LogP contribution is -2.29. The van der Waals surface area contributed by atoms with Gasteiger partial charge in [0.2, 0.25) is 0 Å². The molecule has 67 heavy (non-hydrogen) atoms. The van der Waals surface area contributed by atoms with Crippen molar-refractivity contribution in [2.45, 2.75) is 43.9 Å². The number of para-hydroxylation sites is 2. The van der Waals surface area contributed by atoms with E-state index in [1.807, 2.05) is 6.08 Å². The summed E-state index contributed by atoms with van der Waals surface area (Å²) in [6.07, 6.45) is 20.1. The molecule has 0 radical (unpaired) electrons. The first-order valence-electron chi connectivity index (χ1n) is 23.5. The highest BCUT2D eigenvalue weighted by Gasteiger charge is 2.46. The predicted molar refractivity (Wildman–Crippen MR) is 276 cm³/mol. The minimum atomic E-state index is -0.557. The first-order valence-corrected chi connectivity index (χ1v) is 23.5. The van der Waals surface area contributed by atoms with Gasteiger partial charge < -0.3 is 9.13 Å². The maximum Gasteiger partial charge on any atom is 0.0988 e. The Balaban J connectivity index is 1.00. The molecule has 1 atom stereocenters. The Bertz CT molecular complexity index is 3880. The van der Waals surface area contributed by atoms with Crippen molar-refractivity contribution in [3.63, 3.8) is 0 Å². The smallest absolute Gasteiger partial charge is 0.0988 e. The van der Waals surface area contributed by atoms with Crippen LogP contribution in [0.2, 0.25) is 0 Å². The first-order chi connectivity index (χ1) is 33.1. The molecule has 13 rings (SSSR count). The van der Waals surface area contributed by atoms with Gasteiger partial charge in [-0.1, -0.05) is 121 Å². The number of nitriles is 2. The van der Waals surface area contributed by atoms with E-state index in [0.717, 1.165) is 54.5 Å². The third-order valence-electron chi connectivity index (χ3n) is 15.0. The van der Waals surface area contributed by atoms with Gasteiger partial charge in [0.15, 0.2) is 0 Å². The van der Waals surface area contributed by atoms with Crippen molar-refractivity contribution < 1.29 is 0 Å². The molecular weight excluding hydrogens is 813 g/mol. The number of nitrogens with zero attached hydrogens (tertiary/aromatic N) is 4. The van der Waals surface area contributed by atoms with Gasteiger partial charge in [-0.25, -0.2) is 0 Å². The summed E-state index contributed by atoms with van der Waals surface area (Å²) in [5.74, 6) is 0. The van der Waals surface area contributed by atoms with Crippen LogP contribution in [0.25, 0.3) is 88.4 Å². The molecule has 0 aliphatic heterocycles. The number of aromatic nitrogens is 2. The molecule has 1 unspecified atom stereocenters. The molecule has 0 saturated carbocycles. The quantitative estimate of drug-likeness (QED) is 0.177. The topological polar surface area (TPSA) is 57.4 Å². The normalized spacial score (nSPS) is 18.9. The fraction of sp³-hybridized carbons (Fsp3) is 0.111. The van der Waals surface area contributed by atoms with Gasteiger partial charge in [-0.15, -0.1) is 0 Å². The second-order valence-corrected chi connectivity index (χ2v) is 18.4. The standard InChI is InChI=1S/C63H44N4/c64-39-41-12-11-13-43-23-22-42(40-65)34-57(43)63(33-32-41)56-20-9-7-18-50(56)51-28-24-47(38-58(51)63)46-27-31-62-55(37-46)54-36-45(26-30-61(54)67(62)49-16-5-2-6-17-49)44-25-29-60-53(35-44)52-19-8-10-21-59(52)66(60)48-14-3-1-4-15-48/h1-5,7-12,14-16,18-21,24-32,34-38H,6,13,17,22-23,33H2/b12-11-,41-32+. The minimum absolute atomic E-state index is 0.557. The van der Waals surface area contributed by atoms with E-state index in [1.54, 1.807) is 0 Å². The predicted octanol–water partition coefficient (Wildman–Crippen LogP) is 16.0. The van der Waals surface area contributed by atoms with Gasteiger partial charge in [-0.2, -0.15) is 10.5 Å². The maximum absolute atomic E-state index is 10.3. The molecular formula is C63H44N4. The zero-order chi connectivity index (χ0) is 44.6. The summed E-state index contributed by atoms with van der Waals surface area (Å²) < 4.78 is 4.85. The number of hydrogen-bond acceptors (Lipinski definition) is 2. The molecule has 0 N–H and O–H groups in total. The van der Waals surface area contributed by atoms with E-state index < -0.39 is 5.41 Å². The Morgan fingerprint density at radius 2 is 1.16 bits per heavy atom. The van der Waals surface area contributed by atoms with Gasteiger partial charge in [-0.3, -0.25) is 0 Å². The Morgan fingerprint density at radius 3 is 1.90 bits per heavy atom. The van der Waals surface area contributed by atoms with E-state index in [1.165, 1.54) is 93.8 Å². The van der Waals surface area contributed by atoms with Crippen molar-refractivity contribution >= 4 is 49.3 Å². The Labute approximate surface area is 390 Å². The summed E-state index contributed by atoms with van der Waals surface area (Å²) in [7, 11) is 0. The zero-order valence-corrected chi connectivity index (χ0v) is 37.0. The SMILES string of the molecule is N#CC1=CC2=C(C/C=C\C(C#N)=C/CC23c2ccccc2-c2ccc(-c4ccc5c(c4)c4cc(-c6ccc7c(c6)c6ccccc6n7-c6ccccc6)ccc4n5C4=CC=CCC4)cc23)CC1. The molecule has 0 saturated heterocycles. The molecule has 0 bridgehead atoms. The third-order valence-corrected chi connectivity index (χ3v) is 15.0. The van der Waals surface area contributed by atoms with Crippen LogP contribution in [0.4, 0.5) is 0 Å². The number of hydrogen-bond donors (Lipinski definition) is 0. The van der Waals surface area contributed by atoms with Crippen LogP contribution in [0.15, 0.2) is 216 Å². The molecule has 7 aromatic carbocycles. The molecule has 4 aliphatic carbocycles. The molecule has 4 heteroatoms. The average Bonchev–Trinajstić information content (AvgIpc) is 4.02. The van der Waals surface area contributed by atoms with Gasteiger partial charge in [0, 0.05) is 49.5 Å². The van der Waals surface area contributed by atoms with Crippen LogP contribution in [-0.2, 0) is 5.41 Å². The Morgan fingerprint density at radius 1 is 0.522 bits per heavy atom. The first kappa shape index (κ1) is 39.0. The van der Waals surface area contributed by atoms with Crippen LogP contribution in [0, 0.1) is 22.7 Å². The fourth-order valence-corrected chi connectivity index (χ4v) is 11.9. The lowest BCUT2D eigenvalue weighted by atomic mass is 9.65. The fourth-order valence-electron chi connectivity index (χ4n) is 11.9. The van der Waals surface area contributed by atoms with Crippen LogP contribution in [-0.4, -0.2) is 9.13 Å². The Kier molecular flexibility index (Phi) is 8.92. The summed E-state index contributed by atoms with van der Waals surface area (Å²) in [6.45, 7) is 0. The molecule has 2 aromatic heterocycles. The average molecular weight is 857 g/mol. The van der Waals surface area contributed by atoms with Crippen molar-refractivity contribution in [1.82, 2.24) is 9.13 Å². The van der Waals surface area contributed by atoms with E-state index in [2.05, 4.69) is 209 Å². The van der Waals surface area contributed by atoms with Crippen molar-refractivity contribution in [3.8, 4) is 51.2 Å². The molecule has 2 heterocycles. The lowest BCUT2D eigenvalue weighted by molar-refractivity contribution is 0.622. The van der Waals surface area contributed by atoms with Crippen LogP contribution in [0.5, 0.6) is 0 Å². The second kappa shape index (κ2) is 15.3. The number of rotatable bonds is 4. The van der Waals surface area contributed by atoms with E-state index in [-0.39, 0.29) is 0 Å². The van der Waals surface area contributed by atoms with Gasteiger partial charge in [0.1, 0.15) is 0 Å². The van der Waals surface area contributed by atoms with E-state index in [0.29, 0.717) is 12.0 Å². The van der Waals surface area contributed by atoms with Gasteiger partial charge in [0.25, 0.3) is 0 Å². The molecule has 1 spiro atoms. The van der Waals surface area contributed by atoms with E-state index in [9.17, 15) is 10.5 Å². The van der Waals surface area contributed by atoms with Crippen molar-refractivity contribution in [1.29, 1.82) is 10.5 Å². The summed E-state index contributed by atoms with van der Waals surface area (Å²) in [5, 5.41) is 25.5. The highest BCUT2D eigenvalue weighted by Crippen LogP contribution is 2.58. The molecule has 316 valence electrons. The van der Waals surface area contributed by atoms with Crippen LogP contribution >= 0.6 is 0 Å². The molecule has 0 fully saturated rings. The van der Waals surface area contributed by atoms with Crippen molar-refractivity contribution in [2.24, 2.45) is 0 Å². The zero-order valence-electron chi connectivity index (χ0n) is 37.0. The van der Waals surface area contributed by atoms with Crippen LogP contribution in [0.1, 0.15) is 49.7 Å². The van der Waals surface area contributed by atoms with E-state index >= 15 is 0 Å². The summed E-state index contributed by atoms with van der Waals surface area (Å²) in [6, 6.07) is 61.2. The van der Waals surface area contributed by atoms with Crippen molar-refractivity contribution in [3.05, 3.63) is 228 Å². The number of benzene rings is 7. The molecule has 0 amide bonds. The van der Waals surface area contributed by atoms with E-state index in [4.69, 9.17) is 0 Å². The van der Waals surface area contributed by atoms with Crippen LogP contribution < -0.4 is 0 Å². The second-order valence-electron chi connectivity index (χ2n) is 18.4. The van der Waals surface area contributed by atoms with Crippen LogP contribution in [0.3, 0.4) is 0 Å². The number of fused-ring (bicyclic) bond motifs is 12. The third kappa shape index (κ3) is 5.97. The maximum atomic E-state index is 10.3. The highest BCUT2D eigenvalue weighted by molar-refractivity contribution is 6.14. The summed E-state index contributed by atoms with van der Waals surface area (Å²) in [4.78, 5) is 0. The molecule has 9 aromatic rings. The number of allylic oxidation sites excluding steroid dienone is 12. The van der Waals surface area contributed by atoms with Gasteiger partial charge >= 0.3 is 0 Å². The van der Waals surface area contributed by atoms with Crippen molar-refractivity contribution in [2.75, 3.05) is 0 Å². The molecule has 4 nitrogen and oxygen atoms in total. The largest absolute Gasteiger partial charge is 0.313 e. The van der Waals surface area contributed by atoms with Gasteiger partial charge in [0.05, 0.1) is 34.2 Å². The summed E-state index contributed by atoms with van der Waals surface area (Å²) >= 11 is 0. The highest BCUT2D eigenvalue weighted by atomic mass is 15.0. The minimum Gasteiger partial charge on any atom is -0.313 e. The molecule has 4 aliphatic rings. The lowest BCUT2D eigenvalue weighted by Gasteiger charge is -2.36. The van der Waals surface area contributed by atoms with Gasteiger partial charge in [-0.05, 0) is 167 Å².